The van der Waals surface area contributed by atoms with Gasteiger partial charge in [-0.3, -0.25) is 19.8 Å². The number of nitrogens with zero attached hydrogens (tertiary/aromatic N) is 2. The number of rotatable bonds is 5. The summed E-state index contributed by atoms with van der Waals surface area (Å²) in [6.07, 6.45) is 3.21. The predicted molar refractivity (Wildman–Crippen MR) is 106 cm³/mol. The Morgan fingerprint density at radius 3 is 2.81 bits per heavy atom. The quantitative estimate of drug-likeness (QED) is 0.231. The van der Waals surface area contributed by atoms with Crippen molar-refractivity contribution >= 4 is 57.6 Å². The van der Waals surface area contributed by atoms with Crippen LogP contribution in [0, 0.1) is 10.1 Å². The van der Waals surface area contributed by atoms with Crippen LogP contribution in [0.1, 0.15) is 5.76 Å². The SMILES string of the molecule is C=CCN1C(=O)/C(=C\c2ccc(-c3ccc([N+](=O)[O-])cc3Cl)o2)SC1=S. The Morgan fingerprint density at radius 1 is 1.38 bits per heavy atom. The third kappa shape index (κ3) is 3.57. The molecule has 0 spiro atoms. The smallest absolute Gasteiger partial charge is 0.270 e. The average Bonchev–Trinajstić information content (AvgIpc) is 3.15. The molecule has 0 unspecified atom stereocenters. The molecule has 0 N–H and O–H groups in total. The van der Waals surface area contributed by atoms with Crippen LogP contribution in [0.4, 0.5) is 5.69 Å². The van der Waals surface area contributed by atoms with E-state index in [-0.39, 0.29) is 16.6 Å². The number of halogens is 1. The molecule has 1 fully saturated rings. The highest BCUT2D eigenvalue weighted by atomic mass is 35.5. The highest BCUT2D eigenvalue weighted by molar-refractivity contribution is 8.26. The van der Waals surface area contributed by atoms with Gasteiger partial charge in [0.15, 0.2) is 0 Å². The molecule has 0 bridgehead atoms. The summed E-state index contributed by atoms with van der Waals surface area (Å²) >= 11 is 12.5. The number of thioether (sulfide) groups is 1. The van der Waals surface area contributed by atoms with E-state index in [2.05, 4.69) is 6.58 Å². The van der Waals surface area contributed by atoms with Crippen LogP contribution in [0.5, 0.6) is 0 Å². The Balaban J connectivity index is 1.87. The minimum atomic E-state index is -0.519. The second kappa shape index (κ2) is 7.45. The highest BCUT2D eigenvalue weighted by Gasteiger charge is 2.31. The molecule has 9 heteroatoms. The number of benzene rings is 1. The van der Waals surface area contributed by atoms with E-state index in [1.165, 1.54) is 34.9 Å². The van der Waals surface area contributed by atoms with Crippen LogP contribution in [0.3, 0.4) is 0 Å². The number of carbonyl (C=O) groups is 1. The van der Waals surface area contributed by atoms with Crippen LogP contribution >= 0.6 is 35.6 Å². The van der Waals surface area contributed by atoms with E-state index in [9.17, 15) is 14.9 Å². The van der Waals surface area contributed by atoms with Gasteiger partial charge in [-0.05, 0) is 18.2 Å². The highest BCUT2D eigenvalue weighted by Crippen LogP contribution is 2.35. The van der Waals surface area contributed by atoms with Crippen molar-refractivity contribution < 1.29 is 14.1 Å². The standard InChI is InChI=1S/C17H11ClN2O4S2/c1-2-7-19-16(21)15(26-17(19)25)9-11-4-6-14(24-11)12-5-3-10(20(22)23)8-13(12)18/h2-6,8-9H,1,7H2/b15-9+. The average molecular weight is 407 g/mol. The number of carbonyl (C=O) groups excluding carboxylic acids is 1. The van der Waals surface area contributed by atoms with E-state index >= 15 is 0 Å². The zero-order chi connectivity index (χ0) is 18.8. The molecular formula is C17H11ClN2O4S2. The first kappa shape index (κ1) is 18.4. The number of amides is 1. The summed E-state index contributed by atoms with van der Waals surface area (Å²) in [5.74, 6) is 0.692. The van der Waals surface area contributed by atoms with Crippen molar-refractivity contribution in [1.29, 1.82) is 0 Å². The zero-order valence-corrected chi connectivity index (χ0v) is 15.6. The van der Waals surface area contributed by atoms with Crippen molar-refractivity contribution in [2.45, 2.75) is 0 Å². The Labute approximate surface area is 163 Å². The number of nitro benzene ring substituents is 1. The molecule has 132 valence electrons. The lowest BCUT2D eigenvalue weighted by Gasteiger charge is -2.10. The fourth-order valence-corrected chi connectivity index (χ4v) is 3.83. The molecule has 6 nitrogen and oxygen atoms in total. The molecule has 0 saturated carbocycles. The lowest BCUT2D eigenvalue weighted by Crippen LogP contribution is -2.27. The minimum Gasteiger partial charge on any atom is -0.457 e. The maximum atomic E-state index is 12.3. The molecule has 1 aliphatic heterocycles. The summed E-state index contributed by atoms with van der Waals surface area (Å²) in [7, 11) is 0. The van der Waals surface area contributed by atoms with Crippen molar-refractivity contribution in [3.8, 4) is 11.3 Å². The van der Waals surface area contributed by atoms with Crippen molar-refractivity contribution in [3.05, 3.63) is 68.8 Å². The largest absolute Gasteiger partial charge is 0.457 e. The Hall–Kier alpha value is -2.42. The molecule has 26 heavy (non-hydrogen) atoms. The Kier molecular flexibility index (Phi) is 5.26. The maximum absolute atomic E-state index is 12.3. The molecule has 1 amide bonds. The predicted octanol–water partition coefficient (Wildman–Crippen LogP) is 4.90. The zero-order valence-electron chi connectivity index (χ0n) is 13.2. The van der Waals surface area contributed by atoms with Gasteiger partial charge in [-0.2, -0.15) is 0 Å². The summed E-state index contributed by atoms with van der Waals surface area (Å²) in [4.78, 5) is 24.5. The molecule has 2 aromatic rings. The number of thiocarbonyl (C=S) groups is 1. The van der Waals surface area contributed by atoms with Crippen LogP contribution in [0.2, 0.25) is 5.02 Å². The first-order valence-electron chi connectivity index (χ1n) is 7.31. The fourth-order valence-electron chi connectivity index (χ4n) is 2.31. The third-order valence-corrected chi connectivity index (χ3v) is 5.20. The van der Waals surface area contributed by atoms with Gasteiger partial charge >= 0.3 is 0 Å². The number of non-ortho nitro benzene ring substituents is 1. The first-order valence-corrected chi connectivity index (χ1v) is 8.91. The number of nitro groups is 1. The number of hydrogen-bond donors (Lipinski definition) is 0. The van der Waals surface area contributed by atoms with Crippen molar-refractivity contribution in [1.82, 2.24) is 4.90 Å². The molecule has 0 radical (unpaired) electrons. The molecule has 0 atom stereocenters. The van der Waals surface area contributed by atoms with Crippen molar-refractivity contribution in [2.75, 3.05) is 6.54 Å². The van der Waals surface area contributed by atoms with Gasteiger partial charge in [-0.15, -0.1) is 6.58 Å². The second-order valence-electron chi connectivity index (χ2n) is 5.20. The van der Waals surface area contributed by atoms with Gasteiger partial charge in [0, 0.05) is 30.3 Å². The van der Waals surface area contributed by atoms with E-state index in [4.69, 9.17) is 28.2 Å². The summed E-state index contributed by atoms with van der Waals surface area (Å²) in [5, 5.41) is 11.0. The summed E-state index contributed by atoms with van der Waals surface area (Å²) in [6.45, 7) is 3.96. The van der Waals surface area contributed by atoms with Crippen LogP contribution in [-0.4, -0.2) is 26.6 Å². The van der Waals surface area contributed by atoms with Gasteiger partial charge in [0.05, 0.1) is 14.9 Å². The second-order valence-corrected chi connectivity index (χ2v) is 7.29. The van der Waals surface area contributed by atoms with E-state index in [0.717, 1.165) is 0 Å². The van der Waals surface area contributed by atoms with E-state index < -0.39 is 4.92 Å². The molecule has 1 aromatic heterocycles. The number of furan rings is 1. The summed E-state index contributed by atoms with van der Waals surface area (Å²) < 4.78 is 6.18. The molecular weight excluding hydrogens is 396 g/mol. The van der Waals surface area contributed by atoms with Gasteiger partial charge in [0.2, 0.25) is 0 Å². The van der Waals surface area contributed by atoms with E-state index in [1.54, 1.807) is 24.3 Å². The molecule has 1 aromatic carbocycles. The van der Waals surface area contributed by atoms with Gasteiger partial charge in [-0.1, -0.05) is 41.7 Å². The Bertz CT molecular complexity index is 967. The van der Waals surface area contributed by atoms with Crippen LogP contribution < -0.4 is 0 Å². The Morgan fingerprint density at radius 2 is 2.15 bits per heavy atom. The lowest BCUT2D eigenvalue weighted by molar-refractivity contribution is -0.384. The van der Waals surface area contributed by atoms with Gasteiger partial charge in [0.1, 0.15) is 15.8 Å². The van der Waals surface area contributed by atoms with Crippen molar-refractivity contribution in [3.63, 3.8) is 0 Å². The fraction of sp³-hybridized carbons (Fsp3) is 0.0588. The number of hydrogen-bond acceptors (Lipinski definition) is 6. The normalized spacial score (nSPS) is 15.7. The monoisotopic (exact) mass is 406 g/mol. The van der Waals surface area contributed by atoms with Crippen LogP contribution in [0.15, 0.2) is 52.3 Å². The van der Waals surface area contributed by atoms with E-state index in [1.807, 2.05) is 0 Å². The van der Waals surface area contributed by atoms with Crippen LogP contribution in [-0.2, 0) is 4.79 Å². The minimum absolute atomic E-state index is 0.101. The van der Waals surface area contributed by atoms with Crippen molar-refractivity contribution in [2.24, 2.45) is 0 Å². The molecule has 3 rings (SSSR count). The lowest BCUT2D eigenvalue weighted by atomic mass is 10.1. The summed E-state index contributed by atoms with van der Waals surface area (Å²) in [6, 6.07) is 7.51. The molecule has 1 aliphatic rings. The first-order chi connectivity index (χ1) is 12.4. The van der Waals surface area contributed by atoms with E-state index in [0.29, 0.717) is 32.9 Å². The van der Waals surface area contributed by atoms with Gasteiger partial charge in [-0.25, -0.2) is 0 Å². The summed E-state index contributed by atoms with van der Waals surface area (Å²) in [5.41, 5.74) is 0.424. The van der Waals surface area contributed by atoms with Gasteiger partial charge in [0.25, 0.3) is 11.6 Å². The molecule has 2 heterocycles. The topological polar surface area (TPSA) is 76.6 Å². The van der Waals surface area contributed by atoms with Crippen LogP contribution in [0.25, 0.3) is 17.4 Å². The maximum Gasteiger partial charge on any atom is 0.270 e. The molecule has 0 aliphatic carbocycles. The molecule has 1 saturated heterocycles. The third-order valence-electron chi connectivity index (χ3n) is 3.51. The van der Waals surface area contributed by atoms with Gasteiger partial charge < -0.3 is 4.42 Å².